The lowest BCUT2D eigenvalue weighted by Crippen LogP contribution is -2.09. The minimum absolute atomic E-state index is 0.308. The summed E-state index contributed by atoms with van der Waals surface area (Å²) in [6.07, 6.45) is 23.4. The van der Waals surface area contributed by atoms with Gasteiger partial charge in [-0.3, -0.25) is 0 Å². The van der Waals surface area contributed by atoms with Gasteiger partial charge in [0.25, 0.3) is 0 Å². The van der Waals surface area contributed by atoms with Gasteiger partial charge >= 0.3 is 5.97 Å². The zero-order valence-corrected chi connectivity index (χ0v) is 17.4. The second-order valence-corrected chi connectivity index (χ2v) is 7.14. The number of unbranched alkanes of at least 4 members (excludes halogenated alkanes) is 15. The van der Waals surface area contributed by atoms with Gasteiger partial charge in [0.1, 0.15) is 0 Å². The number of nitrogens with two attached hydrogens (primary N) is 1. The van der Waals surface area contributed by atoms with Crippen molar-refractivity contribution in [3.05, 3.63) is 12.2 Å². The van der Waals surface area contributed by atoms with Gasteiger partial charge in [0.05, 0.1) is 0 Å². The van der Waals surface area contributed by atoms with E-state index in [0.29, 0.717) is 5.57 Å². The van der Waals surface area contributed by atoms with E-state index in [4.69, 9.17) is 0 Å². The second-order valence-electron chi connectivity index (χ2n) is 7.14. The second kappa shape index (κ2) is 23.2. The predicted octanol–water partition coefficient (Wildman–Crippen LogP) is 7.25. The van der Waals surface area contributed by atoms with Gasteiger partial charge in [0.2, 0.25) is 0 Å². The van der Waals surface area contributed by atoms with Crippen LogP contribution in [0.3, 0.4) is 0 Å². The minimum Gasteiger partial charge on any atom is -0.370 e. The highest BCUT2D eigenvalue weighted by molar-refractivity contribution is 5.86. The number of rotatable bonds is 16. The molecular formula is C22H45NO2. The van der Waals surface area contributed by atoms with Crippen LogP contribution in [0.2, 0.25) is 0 Å². The molecule has 0 saturated heterocycles. The fourth-order valence-electron chi connectivity index (χ4n) is 2.72. The topological polar surface area (TPSA) is 52.3 Å². The summed E-state index contributed by atoms with van der Waals surface area (Å²) in [5.74, 6) is 3.89. The van der Waals surface area contributed by atoms with Crippen LogP contribution in [0.1, 0.15) is 124 Å². The highest BCUT2D eigenvalue weighted by Gasteiger charge is 1.96. The molecule has 0 fully saturated rings. The Labute approximate surface area is 157 Å². The summed E-state index contributed by atoms with van der Waals surface area (Å²) in [4.78, 5) is 13.8. The summed E-state index contributed by atoms with van der Waals surface area (Å²) in [5, 5.41) is 0. The third kappa shape index (κ3) is 25.5. The van der Waals surface area contributed by atoms with Crippen molar-refractivity contribution in [2.75, 3.05) is 0 Å². The van der Waals surface area contributed by atoms with Gasteiger partial charge in [0.15, 0.2) is 0 Å². The quantitative estimate of drug-likeness (QED) is 0.180. The van der Waals surface area contributed by atoms with Crippen molar-refractivity contribution in [1.29, 1.82) is 0 Å². The summed E-state index contributed by atoms with van der Waals surface area (Å²) in [5.41, 5.74) is 0.308. The van der Waals surface area contributed by atoms with Crippen LogP contribution in [0.5, 0.6) is 0 Å². The van der Waals surface area contributed by atoms with Crippen LogP contribution in [0.4, 0.5) is 0 Å². The largest absolute Gasteiger partial charge is 0.370 e. The SMILES string of the molecule is C=C(C)C(=O)ON.CCCCCCCCCCCCCCCCCC. The fourth-order valence-corrected chi connectivity index (χ4v) is 2.72. The molecule has 0 rings (SSSR count). The molecule has 3 heteroatoms. The maximum atomic E-state index is 10.1. The maximum absolute atomic E-state index is 10.1. The molecule has 0 aromatic rings. The van der Waals surface area contributed by atoms with Crippen molar-refractivity contribution in [3.63, 3.8) is 0 Å². The number of hydrogen-bond acceptors (Lipinski definition) is 3. The Morgan fingerprint density at radius 1 is 0.680 bits per heavy atom. The molecule has 2 N–H and O–H groups in total. The maximum Gasteiger partial charge on any atom is 0.351 e. The van der Waals surface area contributed by atoms with E-state index in [1.165, 1.54) is 110 Å². The van der Waals surface area contributed by atoms with Crippen LogP contribution >= 0.6 is 0 Å². The van der Waals surface area contributed by atoms with Crippen LogP contribution in [0.15, 0.2) is 12.2 Å². The van der Waals surface area contributed by atoms with Crippen LogP contribution in [-0.4, -0.2) is 5.97 Å². The Hall–Kier alpha value is -0.830. The molecule has 0 amide bonds. The van der Waals surface area contributed by atoms with Gasteiger partial charge in [0, 0.05) is 5.57 Å². The molecule has 0 spiro atoms. The summed E-state index contributed by atoms with van der Waals surface area (Å²) in [6, 6.07) is 0. The summed E-state index contributed by atoms with van der Waals surface area (Å²) < 4.78 is 0. The van der Waals surface area contributed by atoms with Gasteiger partial charge in [-0.2, -0.15) is 5.90 Å². The van der Waals surface area contributed by atoms with E-state index in [9.17, 15) is 4.79 Å². The normalized spacial score (nSPS) is 10.1. The first-order valence-corrected chi connectivity index (χ1v) is 10.7. The van der Waals surface area contributed by atoms with Gasteiger partial charge in [-0.15, -0.1) is 0 Å². The molecular weight excluding hydrogens is 310 g/mol. The van der Waals surface area contributed by atoms with Gasteiger partial charge in [-0.1, -0.05) is 123 Å². The zero-order chi connectivity index (χ0) is 19.2. The van der Waals surface area contributed by atoms with Crippen molar-refractivity contribution in [2.45, 2.75) is 124 Å². The monoisotopic (exact) mass is 355 g/mol. The van der Waals surface area contributed by atoms with Gasteiger partial charge < -0.3 is 4.84 Å². The molecule has 0 radical (unpaired) electrons. The molecule has 0 bridgehead atoms. The third-order valence-electron chi connectivity index (χ3n) is 4.41. The molecule has 0 aromatic carbocycles. The summed E-state index contributed by atoms with van der Waals surface area (Å²) >= 11 is 0. The Kier molecular flexibility index (Phi) is 24.5. The molecule has 3 nitrogen and oxygen atoms in total. The smallest absolute Gasteiger partial charge is 0.351 e. The molecule has 0 aliphatic rings. The fraction of sp³-hybridized carbons (Fsp3) is 0.864. The number of hydrogen-bond donors (Lipinski definition) is 1. The highest BCUT2D eigenvalue weighted by Crippen LogP contribution is 2.13. The van der Waals surface area contributed by atoms with Gasteiger partial charge in [-0.05, 0) is 6.92 Å². The average Bonchev–Trinajstić information content (AvgIpc) is 2.61. The first kappa shape index (κ1) is 26.4. The van der Waals surface area contributed by atoms with E-state index in [1.54, 1.807) is 0 Å². The standard InChI is InChI=1S/C18H38.C4H7NO2/c1-3-5-7-9-11-13-15-17-18-16-14-12-10-8-6-4-2;1-3(2)4(6)7-5/h3-18H2,1-2H3;1,5H2,2H3. The predicted molar refractivity (Wildman–Crippen MR) is 110 cm³/mol. The van der Waals surface area contributed by atoms with Crippen molar-refractivity contribution < 1.29 is 9.63 Å². The van der Waals surface area contributed by atoms with E-state index >= 15 is 0 Å². The number of carbonyl (C=O) groups is 1. The molecule has 0 atom stereocenters. The molecule has 0 saturated carbocycles. The Morgan fingerprint density at radius 3 is 1.04 bits per heavy atom. The Morgan fingerprint density at radius 2 is 0.920 bits per heavy atom. The minimum atomic E-state index is -0.569. The molecule has 0 unspecified atom stereocenters. The van der Waals surface area contributed by atoms with E-state index in [0.717, 1.165) is 0 Å². The Balaban J connectivity index is 0. The van der Waals surface area contributed by atoms with Gasteiger partial charge in [-0.25, -0.2) is 4.79 Å². The van der Waals surface area contributed by atoms with Crippen LogP contribution in [0, 0.1) is 0 Å². The summed E-state index contributed by atoms with van der Waals surface area (Å²) in [6.45, 7) is 9.38. The average molecular weight is 356 g/mol. The Bertz CT molecular complexity index is 274. The van der Waals surface area contributed by atoms with Crippen LogP contribution in [0.25, 0.3) is 0 Å². The number of carbonyl (C=O) groups excluding carboxylic acids is 1. The molecule has 0 aromatic heterocycles. The molecule has 150 valence electrons. The van der Waals surface area contributed by atoms with Crippen molar-refractivity contribution in [1.82, 2.24) is 0 Å². The van der Waals surface area contributed by atoms with E-state index in [2.05, 4.69) is 31.2 Å². The first-order valence-electron chi connectivity index (χ1n) is 10.7. The molecule has 0 aliphatic carbocycles. The van der Waals surface area contributed by atoms with Crippen molar-refractivity contribution in [2.24, 2.45) is 5.90 Å². The summed E-state index contributed by atoms with van der Waals surface area (Å²) in [7, 11) is 0. The highest BCUT2D eigenvalue weighted by atomic mass is 16.7. The first-order chi connectivity index (χ1) is 12.1. The zero-order valence-electron chi connectivity index (χ0n) is 17.4. The molecule has 0 heterocycles. The lowest BCUT2D eigenvalue weighted by molar-refractivity contribution is -0.139. The van der Waals surface area contributed by atoms with Crippen LogP contribution in [-0.2, 0) is 9.63 Å². The van der Waals surface area contributed by atoms with E-state index in [1.807, 2.05) is 0 Å². The molecule has 25 heavy (non-hydrogen) atoms. The van der Waals surface area contributed by atoms with Crippen LogP contribution < -0.4 is 5.90 Å². The lowest BCUT2D eigenvalue weighted by Gasteiger charge is -2.03. The molecule has 0 aliphatic heterocycles. The third-order valence-corrected chi connectivity index (χ3v) is 4.41. The van der Waals surface area contributed by atoms with Crippen molar-refractivity contribution >= 4 is 5.97 Å². The van der Waals surface area contributed by atoms with Crippen molar-refractivity contribution in [3.8, 4) is 0 Å². The van der Waals surface area contributed by atoms with E-state index in [-0.39, 0.29) is 0 Å². The lowest BCUT2D eigenvalue weighted by atomic mass is 10.0. The van der Waals surface area contributed by atoms with E-state index < -0.39 is 5.97 Å².